The Labute approximate surface area is 61.9 Å². The van der Waals surface area contributed by atoms with E-state index in [0.29, 0.717) is 13.1 Å². The number of rotatable bonds is 4. The predicted molar refractivity (Wildman–Crippen MR) is 40.4 cm³/mol. The molecule has 0 aliphatic heterocycles. The molecular formula is C7H11N3. The van der Waals surface area contributed by atoms with Gasteiger partial charge in [0.15, 0.2) is 0 Å². The summed E-state index contributed by atoms with van der Waals surface area (Å²) in [7, 11) is 1.93. The summed E-state index contributed by atoms with van der Waals surface area (Å²) < 4.78 is 0. The van der Waals surface area contributed by atoms with E-state index in [1.165, 1.54) is 0 Å². The van der Waals surface area contributed by atoms with Crippen LogP contribution in [-0.2, 0) is 0 Å². The molecule has 0 radical (unpaired) electrons. The van der Waals surface area contributed by atoms with E-state index in [9.17, 15) is 0 Å². The van der Waals surface area contributed by atoms with Crippen molar-refractivity contribution in [3.05, 3.63) is 22.8 Å². The third-order valence-electron chi connectivity index (χ3n) is 1.19. The van der Waals surface area contributed by atoms with Crippen LogP contribution in [0, 0.1) is 13.1 Å². The second-order valence-corrected chi connectivity index (χ2v) is 2.07. The first-order valence-corrected chi connectivity index (χ1v) is 3.16. The zero-order valence-electron chi connectivity index (χ0n) is 6.17. The lowest BCUT2D eigenvalue weighted by Gasteiger charge is -2.07. The van der Waals surface area contributed by atoms with Gasteiger partial charge in [-0.3, -0.25) is 4.90 Å². The maximum absolute atomic E-state index is 6.51. The highest BCUT2D eigenvalue weighted by molar-refractivity contribution is 4.67. The molecule has 10 heavy (non-hydrogen) atoms. The van der Waals surface area contributed by atoms with E-state index < -0.39 is 0 Å². The van der Waals surface area contributed by atoms with Crippen molar-refractivity contribution in [3.8, 4) is 0 Å². The van der Waals surface area contributed by atoms with Crippen molar-refractivity contribution in [3.63, 3.8) is 0 Å². The lowest BCUT2D eigenvalue weighted by Crippen LogP contribution is -2.23. The van der Waals surface area contributed by atoms with Gasteiger partial charge in [-0.1, -0.05) is 0 Å². The Kier molecular flexibility index (Phi) is 5.42. The van der Waals surface area contributed by atoms with Gasteiger partial charge in [-0.2, -0.15) is 0 Å². The Morgan fingerprint density at radius 3 is 1.80 bits per heavy atom. The van der Waals surface area contributed by atoms with Gasteiger partial charge < -0.3 is 9.69 Å². The fraction of sp³-hybridized carbons (Fsp3) is 0.714. The van der Waals surface area contributed by atoms with Crippen LogP contribution in [0.4, 0.5) is 0 Å². The van der Waals surface area contributed by atoms with Crippen LogP contribution in [0.25, 0.3) is 9.69 Å². The number of nitrogens with zero attached hydrogens (tertiary/aromatic N) is 3. The first-order valence-electron chi connectivity index (χ1n) is 3.16. The average Bonchev–Trinajstić information content (AvgIpc) is 1.97. The molecule has 0 atom stereocenters. The lowest BCUT2D eigenvalue weighted by atomic mass is 10.5. The second kappa shape index (κ2) is 6.07. The number of likely N-dealkylation sites (N-methyl/N-ethyl adjacent to an activating group) is 1. The molecule has 0 amide bonds. The van der Waals surface area contributed by atoms with E-state index in [2.05, 4.69) is 9.69 Å². The fourth-order valence-corrected chi connectivity index (χ4v) is 0.553. The molecule has 3 heteroatoms. The van der Waals surface area contributed by atoms with E-state index in [1.54, 1.807) is 0 Å². The molecule has 0 aliphatic carbocycles. The van der Waals surface area contributed by atoms with Gasteiger partial charge in [-0.05, 0) is 7.05 Å². The van der Waals surface area contributed by atoms with Gasteiger partial charge in [0.25, 0.3) is 0 Å². The summed E-state index contributed by atoms with van der Waals surface area (Å²) in [5.74, 6) is 0. The molecule has 3 nitrogen and oxygen atoms in total. The van der Waals surface area contributed by atoms with Crippen molar-refractivity contribution in [2.45, 2.75) is 0 Å². The molecule has 54 valence electrons. The van der Waals surface area contributed by atoms with Crippen molar-refractivity contribution in [2.24, 2.45) is 0 Å². The maximum Gasteiger partial charge on any atom is 0.227 e. The van der Waals surface area contributed by atoms with Crippen LogP contribution >= 0.6 is 0 Å². The van der Waals surface area contributed by atoms with E-state index in [0.717, 1.165) is 13.1 Å². The van der Waals surface area contributed by atoms with Gasteiger partial charge in [-0.15, -0.1) is 0 Å². The minimum absolute atomic E-state index is 0.536. The second-order valence-electron chi connectivity index (χ2n) is 2.07. The molecule has 0 saturated carbocycles. The SMILES string of the molecule is [C-]#[N+]CCN(C)CC[N+]#[C-]. The summed E-state index contributed by atoms with van der Waals surface area (Å²) >= 11 is 0. The average molecular weight is 137 g/mol. The third kappa shape index (κ3) is 5.08. The van der Waals surface area contributed by atoms with Gasteiger partial charge in [0.05, 0.1) is 13.1 Å². The van der Waals surface area contributed by atoms with Crippen molar-refractivity contribution in [1.82, 2.24) is 4.90 Å². The van der Waals surface area contributed by atoms with E-state index >= 15 is 0 Å². The number of hydrogen-bond acceptors (Lipinski definition) is 1. The summed E-state index contributed by atoms with van der Waals surface area (Å²) in [4.78, 5) is 8.43. The highest BCUT2D eigenvalue weighted by Gasteiger charge is 1.98. The van der Waals surface area contributed by atoms with Gasteiger partial charge in [-0.25, -0.2) is 13.1 Å². The Bertz CT molecular complexity index is 133. The molecule has 0 aromatic rings. The molecule has 0 unspecified atom stereocenters. The number of hydrogen-bond donors (Lipinski definition) is 0. The Balaban J connectivity index is 3.20. The topological polar surface area (TPSA) is 12.0 Å². The molecule has 0 aromatic carbocycles. The Morgan fingerprint density at radius 2 is 1.50 bits per heavy atom. The van der Waals surface area contributed by atoms with Crippen LogP contribution < -0.4 is 0 Å². The zero-order chi connectivity index (χ0) is 7.82. The summed E-state index contributed by atoms with van der Waals surface area (Å²) in [5.41, 5.74) is 0. The molecule has 0 rings (SSSR count). The summed E-state index contributed by atoms with van der Waals surface area (Å²) in [6.45, 7) is 15.6. The van der Waals surface area contributed by atoms with Gasteiger partial charge in [0.1, 0.15) is 0 Å². The van der Waals surface area contributed by atoms with Crippen molar-refractivity contribution in [1.29, 1.82) is 0 Å². The van der Waals surface area contributed by atoms with Gasteiger partial charge in [0, 0.05) is 0 Å². The first kappa shape index (κ1) is 8.94. The van der Waals surface area contributed by atoms with Crippen molar-refractivity contribution in [2.75, 3.05) is 33.2 Å². The van der Waals surface area contributed by atoms with Crippen LogP contribution in [0.5, 0.6) is 0 Å². The molecule has 0 saturated heterocycles. The quantitative estimate of drug-likeness (QED) is 0.521. The molecule has 0 spiro atoms. The standard InChI is InChI=1S/C7H11N3/c1-8-4-6-10(3)7-5-9-2/h4-7H2,3H3. The predicted octanol–water partition coefficient (Wildman–Crippen LogP) is 0.757. The molecular weight excluding hydrogens is 126 g/mol. The molecule has 0 aliphatic rings. The lowest BCUT2D eigenvalue weighted by molar-refractivity contribution is 0.367. The monoisotopic (exact) mass is 137 g/mol. The largest absolute Gasteiger partial charge is 0.316 e. The third-order valence-corrected chi connectivity index (χ3v) is 1.19. The zero-order valence-corrected chi connectivity index (χ0v) is 6.17. The van der Waals surface area contributed by atoms with Crippen LogP contribution in [0.15, 0.2) is 0 Å². The van der Waals surface area contributed by atoms with E-state index in [-0.39, 0.29) is 0 Å². The molecule has 0 N–H and O–H groups in total. The van der Waals surface area contributed by atoms with Gasteiger partial charge >= 0.3 is 0 Å². The summed E-state index contributed by atoms with van der Waals surface area (Å²) in [5, 5.41) is 0. The normalized spacial score (nSPS) is 8.80. The van der Waals surface area contributed by atoms with Gasteiger partial charge in [0.2, 0.25) is 13.1 Å². The van der Waals surface area contributed by atoms with Crippen LogP contribution in [0.1, 0.15) is 0 Å². The highest BCUT2D eigenvalue weighted by Crippen LogP contribution is 1.82. The van der Waals surface area contributed by atoms with Crippen LogP contribution in [-0.4, -0.2) is 38.1 Å². The molecule has 0 fully saturated rings. The van der Waals surface area contributed by atoms with Crippen molar-refractivity contribution >= 4 is 0 Å². The maximum atomic E-state index is 6.51. The minimum atomic E-state index is 0.536. The first-order chi connectivity index (χ1) is 4.81. The van der Waals surface area contributed by atoms with Crippen LogP contribution in [0.2, 0.25) is 0 Å². The van der Waals surface area contributed by atoms with E-state index in [1.807, 2.05) is 11.9 Å². The molecule has 0 bridgehead atoms. The molecule has 0 heterocycles. The Morgan fingerprint density at radius 1 is 1.10 bits per heavy atom. The Hall–Kier alpha value is -1.06. The highest BCUT2D eigenvalue weighted by atomic mass is 15.1. The minimum Gasteiger partial charge on any atom is -0.316 e. The van der Waals surface area contributed by atoms with Crippen molar-refractivity contribution < 1.29 is 0 Å². The summed E-state index contributed by atoms with van der Waals surface area (Å²) in [6.07, 6.45) is 0. The van der Waals surface area contributed by atoms with Crippen LogP contribution in [0.3, 0.4) is 0 Å². The fourth-order valence-electron chi connectivity index (χ4n) is 0.553. The smallest absolute Gasteiger partial charge is 0.227 e. The summed E-state index contributed by atoms with van der Waals surface area (Å²) in [6, 6.07) is 0. The van der Waals surface area contributed by atoms with E-state index in [4.69, 9.17) is 13.1 Å². The molecule has 0 aromatic heterocycles.